The van der Waals surface area contributed by atoms with Crippen LogP contribution < -0.4 is 16.0 Å². The molecule has 0 saturated heterocycles. The standard InChI is InChI=1S/C12H7F3N4O3/c13-12(14,15)22-7-3-1-6(2-4-7)19-8-9(18-11(19)21)16-5-17-10(8)20/h1-5H,(H2,16,17,18,20,21). The third-order valence-electron chi connectivity index (χ3n) is 2.81. The molecule has 22 heavy (non-hydrogen) atoms. The number of ether oxygens (including phenoxy) is 1. The highest BCUT2D eigenvalue weighted by Crippen LogP contribution is 2.23. The third-order valence-corrected chi connectivity index (χ3v) is 2.81. The molecular formula is C12H7F3N4O3. The minimum Gasteiger partial charge on any atom is -0.406 e. The molecule has 0 saturated carbocycles. The van der Waals surface area contributed by atoms with Crippen LogP contribution in [0.4, 0.5) is 13.2 Å². The van der Waals surface area contributed by atoms with Crippen LogP contribution in [0, 0.1) is 0 Å². The van der Waals surface area contributed by atoms with E-state index >= 15 is 0 Å². The first-order valence-electron chi connectivity index (χ1n) is 5.90. The summed E-state index contributed by atoms with van der Waals surface area (Å²) in [6.07, 6.45) is -3.68. The molecular weight excluding hydrogens is 305 g/mol. The number of hydrogen-bond donors (Lipinski definition) is 2. The van der Waals surface area contributed by atoms with Crippen LogP contribution >= 0.6 is 0 Å². The average Bonchev–Trinajstić information content (AvgIpc) is 2.75. The second kappa shape index (κ2) is 4.76. The maximum atomic E-state index is 12.1. The quantitative estimate of drug-likeness (QED) is 0.746. The van der Waals surface area contributed by atoms with E-state index in [4.69, 9.17) is 0 Å². The summed E-state index contributed by atoms with van der Waals surface area (Å²) in [6, 6.07) is 4.53. The van der Waals surface area contributed by atoms with Gasteiger partial charge >= 0.3 is 12.1 Å². The predicted molar refractivity (Wildman–Crippen MR) is 69.0 cm³/mol. The van der Waals surface area contributed by atoms with Gasteiger partial charge in [0.15, 0.2) is 11.2 Å². The van der Waals surface area contributed by atoms with Crippen LogP contribution in [0.3, 0.4) is 0 Å². The highest BCUT2D eigenvalue weighted by atomic mass is 19.4. The molecule has 3 aromatic rings. The smallest absolute Gasteiger partial charge is 0.406 e. The Balaban J connectivity index is 2.11. The number of H-pyrrole nitrogens is 2. The van der Waals surface area contributed by atoms with Crippen molar-refractivity contribution >= 4 is 11.2 Å². The first kappa shape index (κ1) is 13.9. The molecule has 0 unspecified atom stereocenters. The normalized spacial score (nSPS) is 11.8. The number of alkyl halides is 3. The molecule has 7 nitrogen and oxygen atoms in total. The lowest BCUT2D eigenvalue weighted by Crippen LogP contribution is -2.19. The van der Waals surface area contributed by atoms with Crippen molar-refractivity contribution in [1.29, 1.82) is 0 Å². The van der Waals surface area contributed by atoms with Gasteiger partial charge < -0.3 is 9.72 Å². The van der Waals surface area contributed by atoms with Crippen molar-refractivity contribution in [2.24, 2.45) is 0 Å². The number of aromatic nitrogens is 4. The van der Waals surface area contributed by atoms with Crippen molar-refractivity contribution in [3.8, 4) is 11.4 Å². The lowest BCUT2D eigenvalue weighted by molar-refractivity contribution is -0.274. The molecule has 3 rings (SSSR count). The Bertz CT molecular complexity index is 937. The Labute approximate surface area is 119 Å². The van der Waals surface area contributed by atoms with Gasteiger partial charge in [0.2, 0.25) is 0 Å². The minimum atomic E-state index is -4.81. The zero-order chi connectivity index (χ0) is 15.9. The van der Waals surface area contributed by atoms with Crippen LogP contribution in [0.1, 0.15) is 0 Å². The summed E-state index contributed by atoms with van der Waals surface area (Å²) in [5, 5.41) is 0. The first-order chi connectivity index (χ1) is 10.3. The molecule has 0 bridgehead atoms. The molecule has 0 fully saturated rings. The fourth-order valence-corrected chi connectivity index (χ4v) is 1.99. The van der Waals surface area contributed by atoms with E-state index in [0.717, 1.165) is 23.0 Å². The molecule has 0 aliphatic heterocycles. The number of rotatable bonds is 2. The van der Waals surface area contributed by atoms with Crippen molar-refractivity contribution in [2.45, 2.75) is 6.36 Å². The van der Waals surface area contributed by atoms with E-state index in [0.29, 0.717) is 0 Å². The zero-order valence-electron chi connectivity index (χ0n) is 10.6. The molecule has 1 aromatic carbocycles. The van der Waals surface area contributed by atoms with Gasteiger partial charge in [0, 0.05) is 0 Å². The number of hydrogen-bond acceptors (Lipinski definition) is 4. The van der Waals surface area contributed by atoms with Crippen LogP contribution in [0.15, 0.2) is 40.2 Å². The number of imidazole rings is 1. The number of halogens is 3. The van der Waals surface area contributed by atoms with E-state index < -0.39 is 23.4 Å². The molecule has 0 aliphatic rings. The van der Waals surface area contributed by atoms with Crippen LogP contribution in [0.25, 0.3) is 16.9 Å². The number of fused-ring (bicyclic) bond motifs is 1. The molecule has 10 heteroatoms. The van der Waals surface area contributed by atoms with E-state index in [2.05, 4.69) is 19.7 Å². The van der Waals surface area contributed by atoms with Crippen molar-refractivity contribution in [3.05, 3.63) is 51.4 Å². The summed E-state index contributed by atoms with van der Waals surface area (Å²) in [4.78, 5) is 32.2. The summed E-state index contributed by atoms with van der Waals surface area (Å²) in [7, 11) is 0. The fourth-order valence-electron chi connectivity index (χ4n) is 1.99. The number of nitrogens with one attached hydrogen (secondary N) is 2. The van der Waals surface area contributed by atoms with E-state index in [1.165, 1.54) is 12.1 Å². The number of benzene rings is 1. The Hall–Kier alpha value is -3.04. The van der Waals surface area contributed by atoms with Crippen molar-refractivity contribution in [3.63, 3.8) is 0 Å². The van der Waals surface area contributed by atoms with Gasteiger partial charge in [0.1, 0.15) is 5.75 Å². The molecule has 0 aliphatic carbocycles. The lowest BCUT2D eigenvalue weighted by atomic mass is 10.3. The second-order valence-electron chi connectivity index (χ2n) is 4.24. The van der Waals surface area contributed by atoms with Crippen molar-refractivity contribution in [1.82, 2.24) is 19.5 Å². The van der Waals surface area contributed by atoms with Gasteiger partial charge in [-0.25, -0.2) is 9.78 Å². The van der Waals surface area contributed by atoms with Gasteiger partial charge in [-0.05, 0) is 24.3 Å². The third kappa shape index (κ3) is 2.45. The van der Waals surface area contributed by atoms with E-state index in [9.17, 15) is 22.8 Å². The average molecular weight is 312 g/mol. The first-order valence-corrected chi connectivity index (χ1v) is 5.90. The highest BCUT2D eigenvalue weighted by molar-refractivity contribution is 5.71. The van der Waals surface area contributed by atoms with Crippen molar-refractivity contribution in [2.75, 3.05) is 0 Å². The summed E-state index contributed by atoms with van der Waals surface area (Å²) in [5.74, 6) is -0.434. The molecule has 0 spiro atoms. The monoisotopic (exact) mass is 312 g/mol. The Morgan fingerprint density at radius 3 is 2.45 bits per heavy atom. The van der Waals surface area contributed by atoms with Gasteiger partial charge in [-0.3, -0.25) is 14.3 Å². The molecule has 0 radical (unpaired) electrons. The maximum absolute atomic E-state index is 12.1. The summed E-state index contributed by atoms with van der Waals surface area (Å²) < 4.78 is 41.1. The molecule has 2 heterocycles. The summed E-state index contributed by atoms with van der Waals surface area (Å²) >= 11 is 0. The van der Waals surface area contributed by atoms with Gasteiger partial charge in [0.05, 0.1) is 12.0 Å². The van der Waals surface area contributed by atoms with Crippen LogP contribution in [-0.2, 0) is 0 Å². The van der Waals surface area contributed by atoms with E-state index in [1.807, 2.05) is 0 Å². The second-order valence-corrected chi connectivity index (χ2v) is 4.24. The van der Waals surface area contributed by atoms with E-state index in [-0.39, 0.29) is 16.9 Å². The summed E-state index contributed by atoms with van der Waals surface area (Å²) in [5.41, 5.74) is -0.951. The Morgan fingerprint density at radius 1 is 1.14 bits per heavy atom. The highest BCUT2D eigenvalue weighted by Gasteiger charge is 2.31. The van der Waals surface area contributed by atoms with Crippen LogP contribution in [0.2, 0.25) is 0 Å². The topological polar surface area (TPSA) is 92.8 Å². The number of aromatic amines is 2. The van der Waals surface area contributed by atoms with Gasteiger partial charge in [-0.2, -0.15) is 0 Å². The minimum absolute atomic E-state index is 0.0306. The Kier molecular flexibility index (Phi) is 3.01. The predicted octanol–water partition coefficient (Wildman–Crippen LogP) is 1.30. The van der Waals surface area contributed by atoms with E-state index in [1.54, 1.807) is 0 Å². The van der Waals surface area contributed by atoms with Crippen LogP contribution in [-0.4, -0.2) is 25.9 Å². The van der Waals surface area contributed by atoms with Crippen LogP contribution in [0.5, 0.6) is 5.75 Å². The van der Waals surface area contributed by atoms with Gasteiger partial charge in [-0.15, -0.1) is 13.2 Å². The maximum Gasteiger partial charge on any atom is 0.573 e. The largest absolute Gasteiger partial charge is 0.573 e. The van der Waals surface area contributed by atoms with Crippen molar-refractivity contribution < 1.29 is 17.9 Å². The molecule has 0 atom stereocenters. The Morgan fingerprint density at radius 2 is 1.82 bits per heavy atom. The molecule has 0 amide bonds. The number of nitrogens with zero attached hydrogens (tertiary/aromatic N) is 2. The molecule has 114 valence electrons. The molecule has 2 aromatic heterocycles. The molecule has 2 N–H and O–H groups in total. The summed E-state index contributed by atoms with van der Waals surface area (Å²) in [6.45, 7) is 0. The lowest BCUT2D eigenvalue weighted by Gasteiger charge is -2.09. The van der Waals surface area contributed by atoms with Gasteiger partial charge in [-0.1, -0.05) is 0 Å². The zero-order valence-corrected chi connectivity index (χ0v) is 10.6. The SMILES string of the molecule is O=c1[nH]cnc2[nH]c(=O)n(-c3ccc(OC(F)(F)F)cc3)c12. The fraction of sp³-hybridized carbons (Fsp3) is 0.0833. The van der Waals surface area contributed by atoms with Gasteiger partial charge in [0.25, 0.3) is 5.56 Å².